The summed E-state index contributed by atoms with van der Waals surface area (Å²) in [5.41, 5.74) is 0.435. The van der Waals surface area contributed by atoms with Gasteiger partial charge in [-0.05, 0) is 60.5 Å². The van der Waals surface area contributed by atoms with Crippen molar-refractivity contribution in [3.8, 4) is 0 Å². The maximum Gasteiger partial charge on any atom is 0.276 e. The molecule has 0 bridgehead atoms. The van der Waals surface area contributed by atoms with Crippen LogP contribution in [0.2, 0.25) is 0 Å². The van der Waals surface area contributed by atoms with E-state index in [0.717, 1.165) is 45.0 Å². The van der Waals surface area contributed by atoms with E-state index in [1.54, 1.807) is 29.7 Å². The van der Waals surface area contributed by atoms with Crippen molar-refractivity contribution in [1.29, 1.82) is 0 Å². The number of carbonyl (C=O) groups excluding carboxylic acids is 1. The SMILES string of the molecule is O=C(/C=C/c1ccccc1[N+](=O)[O-])NC[C@H]1CCCC[C@@H]1CN1CCN(c2nsc3ccccc23)CC1. The van der Waals surface area contributed by atoms with Crippen molar-refractivity contribution in [1.82, 2.24) is 14.6 Å². The first kappa shape index (κ1) is 25.4. The minimum Gasteiger partial charge on any atom is -0.353 e. The summed E-state index contributed by atoms with van der Waals surface area (Å²) >= 11 is 1.57. The highest BCUT2D eigenvalue weighted by molar-refractivity contribution is 7.13. The monoisotopic (exact) mass is 519 g/mol. The van der Waals surface area contributed by atoms with Crippen LogP contribution >= 0.6 is 11.5 Å². The molecule has 2 aliphatic rings. The zero-order valence-electron chi connectivity index (χ0n) is 20.9. The van der Waals surface area contributed by atoms with E-state index in [1.165, 1.54) is 47.6 Å². The topological polar surface area (TPSA) is 91.6 Å². The molecule has 1 saturated carbocycles. The van der Waals surface area contributed by atoms with E-state index in [0.29, 0.717) is 23.9 Å². The fourth-order valence-corrected chi connectivity index (χ4v) is 6.41. The number of piperazine rings is 1. The van der Waals surface area contributed by atoms with E-state index in [1.807, 2.05) is 0 Å². The lowest BCUT2D eigenvalue weighted by Crippen LogP contribution is -2.49. The second-order valence-electron chi connectivity index (χ2n) is 9.99. The van der Waals surface area contributed by atoms with Crippen molar-refractivity contribution in [2.24, 2.45) is 11.8 Å². The number of fused-ring (bicyclic) bond motifs is 1. The Labute approximate surface area is 221 Å². The molecule has 2 heterocycles. The van der Waals surface area contributed by atoms with Crippen LogP contribution in [0.5, 0.6) is 0 Å². The third-order valence-electron chi connectivity index (χ3n) is 7.68. The molecule has 2 atom stereocenters. The average Bonchev–Trinajstić information content (AvgIpc) is 3.36. The third-order valence-corrected chi connectivity index (χ3v) is 8.49. The summed E-state index contributed by atoms with van der Waals surface area (Å²) in [6.07, 6.45) is 7.71. The first-order valence-corrected chi connectivity index (χ1v) is 13.9. The van der Waals surface area contributed by atoms with E-state index < -0.39 is 4.92 Å². The van der Waals surface area contributed by atoms with Crippen molar-refractivity contribution in [3.63, 3.8) is 0 Å². The number of nitrogens with one attached hydrogen (secondary N) is 1. The van der Waals surface area contributed by atoms with Crippen molar-refractivity contribution >= 4 is 45.1 Å². The van der Waals surface area contributed by atoms with Crippen LogP contribution in [-0.4, -0.2) is 59.4 Å². The molecule has 2 aromatic carbocycles. The van der Waals surface area contributed by atoms with Crippen molar-refractivity contribution in [3.05, 3.63) is 70.3 Å². The van der Waals surface area contributed by atoms with Crippen molar-refractivity contribution in [2.45, 2.75) is 25.7 Å². The summed E-state index contributed by atoms with van der Waals surface area (Å²) in [7, 11) is 0. The van der Waals surface area contributed by atoms with Gasteiger partial charge in [-0.25, -0.2) is 0 Å². The second-order valence-corrected chi connectivity index (χ2v) is 10.8. The minimum atomic E-state index is -0.427. The van der Waals surface area contributed by atoms with Crippen molar-refractivity contribution < 1.29 is 9.72 Å². The molecule has 1 amide bonds. The van der Waals surface area contributed by atoms with Gasteiger partial charge in [0.1, 0.15) is 5.82 Å². The van der Waals surface area contributed by atoms with Gasteiger partial charge in [-0.15, -0.1) is 0 Å². The molecule has 9 heteroatoms. The molecular weight excluding hydrogens is 486 g/mol. The van der Waals surface area contributed by atoms with Crippen LogP contribution in [0.1, 0.15) is 31.2 Å². The van der Waals surface area contributed by atoms with Gasteiger partial charge in [0.05, 0.1) is 15.2 Å². The normalized spacial score (nSPS) is 20.9. The van der Waals surface area contributed by atoms with Gasteiger partial charge in [0, 0.05) is 56.8 Å². The standard InChI is InChI=1S/C28H33N5O3S/c34-27(14-13-21-7-3-5-11-25(21)33(35)36)29-19-22-8-1-2-9-23(22)20-31-15-17-32(18-16-31)28-24-10-4-6-12-26(24)37-30-28/h3-7,10-14,22-23H,1-2,8-9,15-20H2,(H,29,34)/b14-13+/t22-,23-/m1/s1. The molecule has 1 saturated heterocycles. The van der Waals surface area contributed by atoms with Gasteiger partial charge >= 0.3 is 0 Å². The summed E-state index contributed by atoms with van der Waals surface area (Å²) in [6.45, 7) is 5.74. The Morgan fingerprint density at radius 3 is 2.59 bits per heavy atom. The van der Waals surface area contributed by atoms with Gasteiger partial charge in [0.25, 0.3) is 5.69 Å². The minimum absolute atomic E-state index is 0.00181. The van der Waals surface area contributed by atoms with Crippen LogP contribution in [0.4, 0.5) is 11.5 Å². The number of nitrogens with zero attached hydrogens (tertiary/aromatic N) is 4. The van der Waals surface area contributed by atoms with Crippen LogP contribution in [0.3, 0.4) is 0 Å². The summed E-state index contributed by atoms with van der Waals surface area (Å²) < 4.78 is 5.97. The van der Waals surface area contributed by atoms with E-state index >= 15 is 0 Å². The average molecular weight is 520 g/mol. The summed E-state index contributed by atoms with van der Waals surface area (Å²) in [4.78, 5) is 28.2. The fraction of sp³-hybridized carbons (Fsp3) is 0.429. The van der Waals surface area contributed by atoms with Gasteiger partial charge < -0.3 is 10.2 Å². The largest absolute Gasteiger partial charge is 0.353 e. The molecule has 1 aromatic heterocycles. The van der Waals surface area contributed by atoms with Crippen LogP contribution < -0.4 is 10.2 Å². The Bertz CT molecular complexity index is 1270. The predicted octanol–water partition coefficient (Wildman–Crippen LogP) is 4.96. The molecule has 2 fully saturated rings. The number of amides is 1. The Morgan fingerprint density at radius 1 is 1.05 bits per heavy atom. The Morgan fingerprint density at radius 2 is 1.78 bits per heavy atom. The van der Waals surface area contributed by atoms with E-state index in [-0.39, 0.29) is 11.6 Å². The van der Waals surface area contributed by atoms with Gasteiger partial charge in [-0.3, -0.25) is 19.8 Å². The molecule has 194 valence electrons. The highest BCUT2D eigenvalue weighted by Gasteiger charge is 2.29. The summed E-state index contributed by atoms with van der Waals surface area (Å²) in [5.74, 6) is 1.94. The molecule has 0 unspecified atom stereocenters. The quantitative estimate of drug-likeness (QED) is 0.257. The number of hydrogen-bond donors (Lipinski definition) is 1. The molecule has 37 heavy (non-hydrogen) atoms. The maximum atomic E-state index is 12.5. The number of carbonyl (C=O) groups is 1. The van der Waals surface area contributed by atoms with Gasteiger partial charge in [0.15, 0.2) is 0 Å². The number of anilines is 1. The number of aromatic nitrogens is 1. The van der Waals surface area contributed by atoms with Crippen LogP contribution in [0, 0.1) is 22.0 Å². The van der Waals surface area contributed by atoms with Crippen LogP contribution in [0.15, 0.2) is 54.6 Å². The molecule has 1 aliphatic heterocycles. The molecular formula is C28H33N5O3S. The molecule has 5 rings (SSSR count). The summed E-state index contributed by atoms with van der Waals surface area (Å²) in [5, 5.41) is 15.5. The lowest BCUT2D eigenvalue weighted by molar-refractivity contribution is -0.385. The number of hydrogen-bond acceptors (Lipinski definition) is 7. The van der Waals surface area contributed by atoms with Crippen molar-refractivity contribution in [2.75, 3.05) is 44.2 Å². The highest BCUT2D eigenvalue weighted by atomic mass is 32.1. The first-order valence-electron chi connectivity index (χ1n) is 13.1. The third kappa shape index (κ3) is 6.17. The molecule has 0 spiro atoms. The molecule has 8 nitrogen and oxygen atoms in total. The number of nitro groups is 1. The van der Waals surface area contributed by atoms with Crippen LogP contribution in [-0.2, 0) is 4.79 Å². The zero-order chi connectivity index (χ0) is 25.6. The first-order chi connectivity index (χ1) is 18.1. The van der Waals surface area contributed by atoms with E-state index in [4.69, 9.17) is 4.37 Å². The molecule has 0 radical (unpaired) electrons. The molecule has 1 N–H and O–H groups in total. The van der Waals surface area contributed by atoms with Gasteiger partial charge in [-0.2, -0.15) is 4.37 Å². The van der Waals surface area contributed by atoms with E-state index in [9.17, 15) is 14.9 Å². The molecule has 1 aliphatic carbocycles. The number of nitro benzene ring substituents is 1. The maximum absolute atomic E-state index is 12.5. The number of benzene rings is 2. The summed E-state index contributed by atoms with van der Waals surface area (Å²) in [6, 6.07) is 14.9. The lowest BCUT2D eigenvalue weighted by Gasteiger charge is -2.40. The Balaban J connectivity index is 1.12. The second kappa shape index (κ2) is 11.8. The lowest BCUT2D eigenvalue weighted by atomic mass is 9.78. The van der Waals surface area contributed by atoms with E-state index in [2.05, 4.69) is 39.4 Å². The highest BCUT2D eigenvalue weighted by Crippen LogP contribution is 2.32. The van der Waals surface area contributed by atoms with Crippen LogP contribution in [0.25, 0.3) is 16.2 Å². The van der Waals surface area contributed by atoms with Gasteiger partial charge in [0.2, 0.25) is 5.91 Å². The Kier molecular flexibility index (Phi) is 8.11. The zero-order valence-corrected chi connectivity index (χ0v) is 21.7. The number of rotatable bonds is 8. The van der Waals surface area contributed by atoms with Gasteiger partial charge in [-0.1, -0.05) is 37.1 Å². The predicted molar refractivity (Wildman–Crippen MR) is 149 cm³/mol. The smallest absolute Gasteiger partial charge is 0.276 e. The Hall–Kier alpha value is -3.30. The molecule has 3 aromatic rings. The number of para-hydroxylation sites is 1. The fourth-order valence-electron chi connectivity index (χ4n) is 5.62.